The Hall–Kier alpha value is -2.44. The van der Waals surface area contributed by atoms with Crippen LogP contribution in [0.1, 0.15) is 29.8 Å². The molecule has 154 valence electrons. The predicted molar refractivity (Wildman–Crippen MR) is 116 cm³/mol. The SMILES string of the molecule is C[C@@H]1CN(CCN(C)c2ncccc2C(=O)N2CCc3ccccc32)C[C@H](C)O1. The topological polar surface area (TPSA) is 48.9 Å². The molecule has 0 bridgehead atoms. The second kappa shape index (κ2) is 8.51. The van der Waals surface area contributed by atoms with Crippen molar-refractivity contribution in [2.45, 2.75) is 32.5 Å². The number of amides is 1. The van der Waals surface area contributed by atoms with Gasteiger partial charge in [0.15, 0.2) is 0 Å². The highest BCUT2D eigenvalue weighted by molar-refractivity contribution is 6.10. The predicted octanol–water partition coefficient (Wildman–Crippen LogP) is 2.83. The Morgan fingerprint density at radius 3 is 2.72 bits per heavy atom. The molecule has 2 atom stereocenters. The molecular formula is C23H30N4O2. The number of hydrogen-bond acceptors (Lipinski definition) is 5. The molecule has 0 radical (unpaired) electrons. The molecule has 1 saturated heterocycles. The summed E-state index contributed by atoms with van der Waals surface area (Å²) in [6.45, 7) is 8.58. The fourth-order valence-corrected chi connectivity index (χ4v) is 4.43. The molecule has 1 amide bonds. The van der Waals surface area contributed by atoms with Crippen molar-refractivity contribution in [3.8, 4) is 0 Å². The van der Waals surface area contributed by atoms with Crippen LogP contribution >= 0.6 is 0 Å². The number of benzene rings is 1. The van der Waals surface area contributed by atoms with Gasteiger partial charge in [-0.2, -0.15) is 0 Å². The molecular weight excluding hydrogens is 364 g/mol. The first-order chi connectivity index (χ1) is 14.0. The fraction of sp³-hybridized carbons (Fsp3) is 0.478. The molecule has 6 nitrogen and oxygen atoms in total. The highest BCUT2D eigenvalue weighted by Gasteiger charge is 2.28. The monoisotopic (exact) mass is 394 g/mol. The fourth-order valence-electron chi connectivity index (χ4n) is 4.43. The number of para-hydroxylation sites is 1. The van der Waals surface area contributed by atoms with E-state index in [2.05, 4.69) is 34.7 Å². The molecule has 1 fully saturated rings. The first-order valence-electron chi connectivity index (χ1n) is 10.5. The molecule has 0 saturated carbocycles. The van der Waals surface area contributed by atoms with Gasteiger partial charge in [0.25, 0.3) is 5.91 Å². The standard InChI is InChI=1S/C23H30N4O2/c1-17-15-26(16-18(2)29-17)14-13-25(3)22-20(8-6-11-24-22)23(28)27-12-10-19-7-4-5-9-21(19)27/h4-9,11,17-18H,10,12-16H2,1-3H3/t17-,18+. The highest BCUT2D eigenvalue weighted by atomic mass is 16.5. The Bertz CT molecular complexity index is 861. The van der Waals surface area contributed by atoms with Gasteiger partial charge >= 0.3 is 0 Å². The van der Waals surface area contributed by atoms with Gasteiger partial charge in [0.1, 0.15) is 5.82 Å². The van der Waals surface area contributed by atoms with Gasteiger partial charge in [-0.3, -0.25) is 9.69 Å². The zero-order valence-corrected chi connectivity index (χ0v) is 17.5. The molecule has 6 heteroatoms. The van der Waals surface area contributed by atoms with Crippen LogP contribution in [-0.2, 0) is 11.2 Å². The van der Waals surface area contributed by atoms with Crippen molar-refractivity contribution >= 4 is 17.4 Å². The molecule has 2 aromatic rings. The van der Waals surface area contributed by atoms with Crippen LogP contribution in [0.5, 0.6) is 0 Å². The number of nitrogens with zero attached hydrogens (tertiary/aromatic N) is 4. The number of rotatable bonds is 5. The van der Waals surface area contributed by atoms with Crippen LogP contribution in [0, 0.1) is 0 Å². The molecule has 29 heavy (non-hydrogen) atoms. The summed E-state index contributed by atoms with van der Waals surface area (Å²) in [5, 5.41) is 0. The van der Waals surface area contributed by atoms with Gasteiger partial charge in [0, 0.05) is 51.7 Å². The van der Waals surface area contributed by atoms with Crippen molar-refractivity contribution in [1.82, 2.24) is 9.88 Å². The summed E-state index contributed by atoms with van der Waals surface area (Å²) in [4.78, 5) is 24.3. The number of ether oxygens (including phenoxy) is 1. The van der Waals surface area contributed by atoms with E-state index >= 15 is 0 Å². The zero-order chi connectivity index (χ0) is 20.4. The second-order valence-electron chi connectivity index (χ2n) is 8.15. The number of likely N-dealkylation sites (N-methyl/N-ethyl adjacent to an activating group) is 1. The van der Waals surface area contributed by atoms with Gasteiger partial charge in [0.2, 0.25) is 0 Å². The maximum absolute atomic E-state index is 13.4. The lowest BCUT2D eigenvalue weighted by Gasteiger charge is -2.36. The molecule has 3 heterocycles. The Labute approximate surface area is 173 Å². The Balaban J connectivity index is 1.47. The Kier molecular flexibility index (Phi) is 5.83. The normalized spacial score (nSPS) is 21.8. The lowest BCUT2D eigenvalue weighted by atomic mass is 10.1. The van der Waals surface area contributed by atoms with E-state index in [1.165, 1.54) is 5.56 Å². The van der Waals surface area contributed by atoms with Crippen molar-refractivity contribution in [3.63, 3.8) is 0 Å². The first kappa shape index (κ1) is 19.9. The molecule has 2 aliphatic heterocycles. The Morgan fingerprint density at radius 2 is 1.93 bits per heavy atom. The summed E-state index contributed by atoms with van der Waals surface area (Å²) in [6, 6.07) is 11.9. The van der Waals surface area contributed by atoms with Crippen LogP contribution in [0.2, 0.25) is 0 Å². The van der Waals surface area contributed by atoms with E-state index < -0.39 is 0 Å². The van der Waals surface area contributed by atoms with Gasteiger partial charge in [-0.1, -0.05) is 18.2 Å². The van der Waals surface area contributed by atoms with E-state index in [1.54, 1.807) is 6.20 Å². The number of hydrogen-bond donors (Lipinski definition) is 0. The van der Waals surface area contributed by atoms with E-state index in [0.29, 0.717) is 5.56 Å². The third-order valence-electron chi connectivity index (χ3n) is 5.76. The number of aromatic nitrogens is 1. The molecule has 4 rings (SSSR count). The van der Waals surface area contributed by atoms with E-state index in [1.807, 2.05) is 42.3 Å². The molecule has 2 aliphatic rings. The third-order valence-corrected chi connectivity index (χ3v) is 5.76. The number of morpholine rings is 1. The summed E-state index contributed by atoms with van der Waals surface area (Å²) in [5.41, 5.74) is 2.91. The molecule has 1 aromatic carbocycles. The van der Waals surface area contributed by atoms with Crippen LogP contribution in [0.15, 0.2) is 42.6 Å². The Morgan fingerprint density at radius 1 is 1.17 bits per heavy atom. The summed E-state index contributed by atoms with van der Waals surface area (Å²) < 4.78 is 5.83. The lowest BCUT2D eigenvalue weighted by molar-refractivity contribution is -0.0670. The van der Waals surface area contributed by atoms with Crippen molar-refractivity contribution in [1.29, 1.82) is 0 Å². The molecule has 0 unspecified atom stereocenters. The number of carbonyl (C=O) groups is 1. The van der Waals surface area contributed by atoms with Gasteiger partial charge < -0.3 is 14.5 Å². The minimum absolute atomic E-state index is 0.0264. The quantitative estimate of drug-likeness (QED) is 0.781. The number of anilines is 2. The van der Waals surface area contributed by atoms with Crippen molar-refractivity contribution in [2.24, 2.45) is 0 Å². The van der Waals surface area contributed by atoms with E-state index in [0.717, 1.165) is 50.6 Å². The van der Waals surface area contributed by atoms with Crippen LogP contribution in [0.4, 0.5) is 11.5 Å². The van der Waals surface area contributed by atoms with Gasteiger partial charge in [0.05, 0.1) is 17.8 Å². The summed E-state index contributed by atoms with van der Waals surface area (Å²) in [6.07, 6.45) is 3.18. The molecule has 0 aliphatic carbocycles. The molecule has 1 aromatic heterocycles. The van der Waals surface area contributed by atoms with Crippen LogP contribution in [0.3, 0.4) is 0 Å². The smallest absolute Gasteiger partial charge is 0.262 e. The van der Waals surface area contributed by atoms with Crippen molar-refractivity contribution in [3.05, 3.63) is 53.7 Å². The second-order valence-corrected chi connectivity index (χ2v) is 8.15. The molecule has 0 N–H and O–H groups in total. The molecule has 0 spiro atoms. The maximum atomic E-state index is 13.4. The van der Waals surface area contributed by atoms with E-state index in [4.69, 9.17) is 4.74 Å². The average molecular weight is 395 g/mol. The first-order valence-corrected chi connectivity index (χ1v) is 10.5. The summed E-state index contributed by atoms with van der Waals surface area (Å²) >= 11 is 0. The van der Waals surface area contributed by atoms with Crippen LogP contribution in [0.25, 0.3) is 0 Å². The van der Waals surface area contributed by atoms with Crippen molar-refractivity contribution < 1.29 is 9.53 Å². The van der Waals surface area contributed by atoms with E-state index in [-0.39, 0.29) is 18.1 Å². The zero-order valence-electron chi connectivity index (χ0n) is 17.5. The number of pyridine rings is 1. The van der Waals surface area contributed by atoms with E-state index in [9.17, 15) is 4.79 Å². The summed E-state index contributed by atoms with van der Waals surface area (Å²) in [5.74, 6) is 0.773. The minimum Gasteiger partial charge on any atom is -0.373 e. The van der Waals surface area contributed by atoms with Gasteiger partial charge in [-0.05, 0) is 44.0 Å². The van der Waals surface area contributed by atoms with Crippen LogP contribution < -0.4 is 9.80 Å². The number of fused-ring (bicyclic) bond motifs is 1. The lowest BCUT2D eigenvalue weighted by Crippen LogP contribution is -2.47. The largest absolute Gasteiger partial charge is 0.373 e. The number of carbonyl (C=O) groups excluding carboxylic acids is 1. The minimum atomic E-state index is 0.0264. The average Bonchev–Trinajstić information content (AvgIpc) is 3.15. The van der Waals surface area contributed by atoms with Gasteiger partial charge in [-0.15, -0.1) is 0 Å². The maximum Gasteiger partial charge on any atom is 0.262 e. The van der Waals surface area contributed by atoms with Crippen LogP contribution in [-0.4, -0.2) is 67.8 Å². The third kappa shape index (κ3) is 4.28. The highest BCUT2D eigenvalue weighted by Crippen LogP contribution is 2.30. The van der Waals surface area contributed by atoms with Gasteiger partial charge in [-0.25, -0.2) is 4.98 Å². The summed E-state index contributed by atoms with van der Waals surface area (Å²) in [7, 11) is 2.02. The van der Waals surface area contributed by atoms with Crippen molar-refractivity contribution in [2.75, 3.05) is 49.6 Å².